The van der Waals surface area contributed by atoms with Crippen molar-refractivity contribution in [3.8, 4) is 5.75 Å². The second-order valence-electron chi connectivity index (χ2n) is 2.92. The zero-order valence-electron chi connectivity index (χ0n) is 7.60. The minimum Gasteiger partial charge on any atom is -0.411 e. The van der Waals surface area contributed by atoms with E-state index in [1.807, 2.05) is 0 Å². The molecule has 1 heterocycles. The quantitative estimate of drug-likeness (QED) is 0.653. The Bertz CT molecular complexity index is 533. The van der Waals surface area contributed by atoms with Crippen LogP contribution in [0.3, 0.4) is 0 Å². The normalized spacial score (nSPS) is 10.4. The molecule has 2 N–H and O–H groups in total. The van der Waals surface area contributed by atoms with E-state index in [1.54, 1.807) is 25.2 Å². The van der Waals surface area contributed by atoms with E-state index >= 15 is 0 Å². The Morgan fingerprint density at radius 1 is 1.50 bits per heavy atom. The van der Waals surface area contributed by atoms with E-state index in [1.165, 1.54) is 10.8 Å². The summed E-state index contributed by atoms with van der Waals surface area (Å²) >= 11 is 0. The van der Waals surface area contributed by atoms with Gasteiger partial charge in [0.05, 0.1) is 17.2 Å². The van der Waals surface area contributed by atoms with E-state index < -0.39 is 0 Å². The average molecular weight is 191 g/mol. The van der Waals surface area contributed by atoms with E-state index in [0.717, 1.165) is 5.52 Å². The Hall–Kier alpha value is -1.88. The fraction of sp³-hybridized carbons (Fsp3) is 0.111. The summed E-state index contributed by atoms with van der Waals surface area (Å²) in [5, 5.41) is 0. The Labute approximate surface area is 79.7 Å². The van der Waals surface area contributed by atoms with Crippen LogP contribution in [0, 0.1) is 0 Å². The number of nitrogens with two attached hydrogens (primary N) is 1. The highest BCUT2D eigenvalue weighted by Crippen LogP contribution is 2.16. The number of hydrogen-bond acceptors (Lipinski definition) is 4. The molecule has 5 nitrogen and oxygen atoms in total. The zero-order valence-corrected chi connectivity index (χ0v) is 7.60. The lowest BCUT2D eigenvalue weighted by atomic mass is 10.3. The molecule has 1 aromatic carbocycles. The van der Waals surface area contributed by atoms with Crippen LogP contribution in [-0.4, -0.2) is 9.55 Å². The Balaban J connectivity index is 2.84. The van der Waals surface area contributed by atoms with Crippen LogP contribution in [0.15, 0.2) is 29.2 Å². The molecule has 72 valence electrons. The molecule has 0 atom stereocenters. The molecule has 0 aliphatic heterocycles. The van der Waals surface area contributed by atoms with E-state index in [2.05, 4.69) is 9.82 Å². The maximum Gasteiger partial charge on any atom is 0.269 e. The fourth-order valence-electron chi connectivity index (χ4n) is 1.28. The summed E-state index contributed by atoms with van der Waals surface area (Å²) in [5.41, 5.74) is 1.26. The summed E-state index contributed by atoms with van der Waals surface area (Å²) in [6, 6.07) is 5.11. The highest BCUT2D eigenvalue weighted by molar-refractivity contribution is 5.76. The lowest BCUT2D eigenvalue weighted by Crippen LogP contribution is -2.16. The van der Waals surface area contributed by atoms with Gasteiger partial charge in [-0.05, 0) is 12.1 Å². The fourth-order valence-corrected chi connectivity index (χ4v) is 1.28. The van der Waals surface area contributed by atoms with Crippen molar-refractivity contribution in [2.24, 2.45) is 12.9 Å². The molecule has 0 unspecified atom stereocenters. The number of rotatable bonds is 1. The van der Waals surface area contributed by atoms with Gasteiger partial charge in [0.1, 0.15) is 5.75 Å². The van der Waals surface area contributed by atoms with Crippen molar-refractivity contribution in [1.29, 1.82) is 0 Å². The van der Waals surface area contributed by atoms with Gasteiger partial charge >= 0.3 is 0 Å². The molecule has 0 aliphatic carbocycles. The van der Waals surface area contributed by atoms with Crippen LogP contribution in [0.1, 0.15) is 0 Å². The Kier molecular flexibility index (Phi) is 1.94. The lowest BCUT2D eigenvalue weighted by molar-refractivity contribution is 0.335. The van der Waals surface area contributed by atoms with Crippen molar-refractivity contribution in [1.82, 2.24) is 9.55 Å². The lowest BCUT2D eigenvalue weighted by Gasteiger charge is -2.04. The average Bonchev–Trinajstić information content (AvgIpc) is 2.23. The van der Waals surface area contributed by atoms with Gasteiger partial charge in [0, 0.05) is 13.1 Å². The maximum absolute atomic E-state index is 11.3. The van der Waals surface area contributed by atoms with Crippen LogP contribution in [0.2, 0.25) is 0 Å². The van der Waals surface area contributed by atoms with Crippen molar-refractivity contribution in [2.75, 3.05) is 0 Å². The molecule has 0 spiro atoms. The van der Waals surface area contributed by atoms with E-state index in [9.17, 15) is 4.79 Å². The summed E-state index contributed by atoms with van der Waals surface area (Å²) in [7, 11) is 1.67. The molecule has 0 fully saturated rings. The van der Waals surface area contributed by atoms with Gasteiger partial charge in [0.15, 0.2) is 0 Å². The number of aromatic nitrogens is 2. The van der Waals surface area contributed by atoms with Crippen LogP contribution in [-0.2, 0) is 7.05 Å². The molecular formula is C9H9N3O2. The van der Waals surface area contributed by atoms with Crippen LogP contribution in [0.25, 0.3) is 11.0 Å². The summed E-state index contributed by atoms with van der Waals surface area (Å²) in [4.78, 5) is 19.8. The molecule has 14 heavy (non-hydrogen) atoms. The maximum atomic E-state index is 11.3. The highest BCUT2D eigenvalue weighted by Gasteiger charge is 2.01. The number of aryl methyl sites for hydroxylation is 1. The molecule has 0 bridgehead atoms. The van der Waals surface area contributed by atoms with Crippen LogP contribution >= 0.6 is 0 Å². The molecule has 0 saturated heterocycles. The van der Waals surface area contributed by atoms with Gasteiger partial charge in [0.25, 0.3) is 5.56 Å². The molecule has 5 heteroatoms. The minimum atomic E-state index is -0.160. The molecule has 0 radical (unpaired) electrons. The molecule has 1 aromatic heterocycles. The van der Waals surface area contributed by atoms with Gasteiger partial charge in [-0.1, -0.05) is 0 Å². The molecule has 2 aromatic rings. The first kappa shape index (κ1) is 8.71. The van der Waals surface area contributed by atoms with Gasteiger partial charge in [-0.15, -0.1) is 0 Å². The van der Waals surface area contributed by atoms with Crippen molar-refractivity contribution < 1.29 is 4.84 Å². The zero-order chi connectivity index (χ0) is 10.1. The number of hydrogen-bond donors (Lipinski definition) is 1. The topological polar surface area (TPSA) is 70.1 Å². The third-order valence-corrected chi connectivity index (χ3v) is 2.09. The standard InChI is InChI=1S/C9H9N3O2/c1-12-8-4-6(14-10)2-3-7(8)11-5-9(12)13/h2-5H,10H2,1H3. The van der Waals surface area contributed by atoms with E-state index in [0.29, 0.717) is 11.3 Å². The second-order valence-corrected chi connectivity index (χ2v) is 2.92. The third-order valence-electron chi connectivity index (χ3n) is 2.09. The largest absolute Gasteiger partial charge is 0.411 e. The highest BCUT2D eigenvalue weighted by atomic mass is 16.6. The minimum absolute atomic E-state index is 0.160. The molecule has 0 aliphatic rings. The van der Waals surface area contributed by atoms with Gasteiger partial charge in [-0.25, -0.2) is 4.98 Å². The first-order valence-electron chi connectivity index (χ1n) is 4.05. The van der Waals surface area contributed by atoms with Crippen molar-refractivity contribution >= 4 is 11.0 Å². The molecular weight excluding hydrogens is 182 g/mol. The second kappa shape index (κ2) is 3.12. The number of fused-ring (bicyclic) bond motifs is 1. The van der Waals surface area contributed by atoms with Gasteiger partial charge in [0.2, 0.25) is 0 Å². The summed E-state index contributed by atoms with van der Waals surface area (Å²) < 4.78 is 1.49. The van der Waals surface area contributed by atoms with Crippen molar-refractivity contribution in [2.45, 2.75) is 0 Å². The van der Waals surface area contributed by atoms with E-state index in [4.69, 9.17) is 5.90 Å². The van der Waals surface area contributed by atoms with Crippen molar-refractivity contribution in [3.63, 3.8) is 0 Å². The summed E-state index contributed by atoms with van der Waals surface area (Å²) in [5.74, 6) is 5.52. The predicted molar refractivity (Wildman–Crippen MR) is 51.8 cm³/mol. The SMILES string of the molecule is Cn1c(=O)cnc2ccc(ON)cc21. The molecule has 0 amide bonds. The summed E-state index contributed by atoms with van der Waals surface area (Å²) in [6.07, 6.45) is 1.28. The smallest absolute Gasteiger partial charge is 0.269 e. The molecule has 2 rings (SSSR count). The first-order chi connectivity index (χ1) is 6.72. The molecule has 0 saturated carbocycles. The van der Waals surface area contributed by atoms with Crippen molar-refractivity contribution in [3.05, 3.63) is 34.7 Å². The van der Waals surface area contributed by atoms with Gasteiger partial charge in [-0.2, -0.15) is 5.90 Å². The monoisotopic (exact) mass is 191 g/mol. The first-order valence-corrected chi connectivity index (χ1v) is 4.05. The van der Waals surface area contributed by atoms with Gasteiger partial charge < -0.3 is 9.40 Å². The van der Waals surface area contributed by atoms with Crippen LogP contribution in [0.4, 0.5) is 0 Å². The van der Waals surface area contributed by atoms with Gasteiger partial charge in [-0.3, -0.25) is 4.79 Å². The van der Waals surface area contributed by atoms with Crippen LogP contribution < -0.4 is 16.3 Å². The Morgan fingerprint density at radius 3 is 3.00 bits per heavy atom. The Morgan fingerprint density at radius 2 is 2.29 bits per heavy atom. The third kappa shape index (κ3) is 1.23. The summed E-state index contributed by atoms with van der Waals surface area (Å²) in [6.45, 7) is 0. The predicted octanol–water partition coefficient (Wildman–Crippen LogP) is 0.186. The number of benzene rings is 1. The number of nitrogens with zero attached hydrogens (tertiary/aromatic N) is 2. The van der Waals surface area contributed by atoms with E-state index in [-0.39, 0.29) is 5.56 Å². The van der Waals surface area contributed by atoms with Crippen LogP contribution in [0.5, 0.6) is 5.75 Å².